The zero-order valence-corrected chi connectivity index (χ0v) is 17.9. The van der Waals surface area contributed by atoms with Gasteiger partial charge in [-0.25, -0.2) is 9.78 Å². The molecule has 0 atom stereocenters. The zero-order valence-electron chi connectivity index (χ0n) is 17.1. The number of carboxylic acids is 1. The molecule has 0 bridgehead atoms. The number of rotatable bonds is 8. The van der Waals surface area contributed by atoms with E-state index < -0.39 is 10.9 Å². The fraction of sp³-hybridized carbons (Fsp3) is 0.136. The lowest BCUT2D eigenvalue weighted by molar-refractivity contribution is -0.384. The van der Waals surface area contributed by atoms with Crippen molar-refractivity contribution >= 4 is 40.4 Å². The molecule has 0 spiro atoms. The van der Waals surface area contributed by atoms with Crippen LogP contribution in [-0.2, 0) is 17.8 Å². The quantitative estimate of drug-likeness (QED) is 0.175. The van der Waals surface area contributed by atoms with E-state index in [4.69, 9.17) is 0 Å². The minimum Gasteiger partial charge on any atom is -0.477 e. The molecular formula is C22H19N5O4S. The molecule has 0 saturated carbocycles. The number of aliphatic carboxylic acids is 1. The molecule has 0 fully saturated rings. The highest BCUT2D eigenvalue weighted by Gasteiger charge is 2.16. The summed E-state index contributed by atoms with van der Waals surface area (Å²) in [5, 5.41) is 28.7. The van der Waals surface area contributed by atoms with Crippen molar-refractivity contribution in [2.24, 2.45) is 0 Å². The van der Waals surface area contributed by atoms with Gasteiger partial charge in [-0.15, -0.1) is 5.10 Å². The van der Waals surface area contributed by atoms with Crippen LogP contribution in [0.2, 0.25) is 0 Å². The number of nitrogens with zero attached hydrogens (tertiary/aromatic N) is 4. The molecule has 9 nitrogen and oxygen atoms in total. The van der Waals surface area contributed by atoms with Crippen molar-refractivity contribution in [1.82, 2.24) is 19.7 Å². The number of aryl methyl sites for hydroxylation is 1. The number of nitro benzene ring substituents is 1. The molecule has 10 heteroatoms. The molecule has 0 aliphatic heterocycles. The molecule has 0 unspecified atom stereocenters. The van der Waals surface area contributed by atoms with Crippen LogP contribution in [0.1, 0.15) is 23.9 Å². The lowest BCUT2D eigenvalue weighted by atomic mass is 10.1. The van der Waals surface area contributed by atoms with Crippen LogP contribution in [0.5, 0.6) is 0 Å². The van der Waals surface area contributed by atoms with Crippen molar-refractivity contribution in [3.05, 3.63) is 86.7 Å². The van der Waals surface area contributed by atoms with Crippen LogP contribution >= 0.6 is 11.8 Å². The number of fused-ring (bicyclic) bond motifs is 1. The second kappa shape index (κ2) is 9.06. The van der Waals surface area contributed by atoms with Crippen molar-refractivity contribution in [3.8, 4) is 0 Å². The van der Waals surface area contributed by atoms with Gasteiger partial charge in [0.15, 0.2) is 0 Å². The Morgan fingerprint density at radius 1 is 1.25 bits per heavy atom. The molecule has 162 valence electrons. The Bertz CT molecular complexity index is 1320. The van der Waals surface area contributed by atoms with Gasteiger partial charge in [-0.05, 0) is 29.5 Å². The second-order valence-corrected chi connectivity index (χ2v) is 8.00. The van der Waals surface area contributed by atoms with E-state index in [1.807, 2.05) is 42.0 Å². The highest BCUT2D eigenvalue weighted by molar-refractivity contribution is 8.04. The number of benzene rings is 2. The average Bonchev–Trinajstić information content (AvgIpc) is 3.38. The van der Waals surface area contributed by atoms with Gasteiger partial charge in [-0.3, -0.25) is 15.2 Å². The standard InChI is InChI=1S/C22H19N5O4S/c1-2-20-23-22(25-24-20)32-19(21(28)29)11-15-13-26(18-6-4-3-5-17(15)18)12-14-7-9-16(10-8-14)27(30)31/h3-11,13H,2,12H2,1H3,(H,28,29)(H,23,24,25)/b19-11-. The van der Waals surface area contributed by atoms with Crippen LogP contribution < -0.4 is 0 Å². The molecule has 4 aromatic rings. The number of carbonyl (C=O) groups is 1. The van der Waals surface area contributed by atoms with Crippen LogP contribution in [0.15, 0.2) is 64.8 Å². The topological polar surface area (TPSA) is 127 Å². The summed E-state index contributed by atoms with van der Waals surface area (Å²) in [7, 11) is 0. The second-order valence-electron chi connectivity index (χ2n) is 6.99. The molecular weight excluding hydrogens is 430 g/mol. The summed E-state index contributed by atoms with van der Waals surface area (Å²) in [4.78, 5) is 26.7. The molecule has 2 aromatic heterocycles. The fourth-order valence-electron chi connectivity index (χ4n) is 3.30. The lowest BCUT2D eigenvalue weighted by Gasteiger charge is -2.05. The molecule has 0 saturated heterocycles. The summed E-state index contributed by atoms with van der Waals surface area (Å²) in [6, 6.07) is 14.1. The number of nitro groups is 1. The summed E-state index contributed by atoms with van der Waals surface area (Å²) in [6.07, 6.45) is 4.17. The smallest absolute Gasteiger partial charge is 0.342 e. The summed E-state index contributed by atoms with van der Waals surface area (Å²) in [6.45, 7) is 2.42. The average molecular weight is 449 g/mol. The fourth-order valence-corrected chi connectivity index (χ4v) is 4.01. The van der Waals surface area contributed by atoms with Gasteiger partial charge in [0.1, 0.15) is 10.7 Å². The minimum atomic E-state index is -1.06. The van der Waals surface area contributed by atoms with Gasteiger partial charge in [0.2, 0.25) is 5.16 Å². The summed E-state index contributed by atoms with van der Waals surface area (Å²) >= 11 is 0.989. The Morgan fingerprint density at radius 2 is 2.00 bits per heavy atom. The molecule has 0 amide bonds. The third kappa shape index (κ3) is 4.54. The predicted octanol–water partition coefficient (Wildman–Crippen LogP) is 4.50. The first-order valence-electron chi connectivity index (χ1n) is 9.80. The maximum atomic E-state index is 11.9. The summed E-state index contributed by atoms with van der Waals surface area (Å²) in [5.74, 6) is -0.373. The number of non-ortho nitro benzene ring substituents is 1. The Hall–Kier alpha value is -3.92. The SMILES string of the molecule is CCc1nc(S/C(=C\c2cn(Cc3ccc([N+](=O)[O-])cc3)c3ccccc23)C(=O)O)n[nH]1. The van der Waals surface area contributed by atoms with Gasteiger partial charge in [0, 0.05) is 47.8 Å². The van der Waals surface area contributed by atoms with Crippen LogP contribution in [0, 0.1) is 10.1 Å². The van der Waals surface area contributed by atoms with Crippen molar-refractivity contribution in [2.45, 2.75) is 25.0 Å². The number of H-pyrrole nitrogens is 1. The van der Waals surface area contributed by atoms with E-state index in [9.17, 15) is 20.0 Å². The molecule has 0 aliphatic carbocycles. The third-order valence-electron chi connectivity index (χ3n) is 4.86. The van der Waals surface area contributed by atoms with Crippen LogP contribution in [0.4, 0.5) is 5.69 Å². The van der Waals surface area contributed by atoms with Gasteiger partial charge < -0.3 is 9.67 Å². The van der Waals surface area contributed by atoms with Crippen LogP contribution in [0.3, 0.4) is 0 Å². The van der Waals surface area contributed by atoms with Crippen molar-refractivity contribution in [3.63, 3.8) is 0 Å². The zero-order chi connectivity index (χ0) is 22.7. The largest absolute Gasteiger partial charge is 0.477 e. The number of nitrogens with one attached hydrogen (secondary N) is 1. The highest BCUT2D eigenvalue weighted by atomic mass is 32.2. The first-order valence-corrected chi connectivity index (χ1v) is 10.6. The predicted molar refractivity (Wildman–Crippen MR) is 121 cm³/mol. The van der Waals surface area contributed by atoms with E-state index in [1.54, 1.807) is 18.2 Å². The number of aromatic nitrogens is 4. The van der Waals surface area contributed by atoms with E-state index >= 15 is 0 Å². The van der Waals surface area contributed by atoms with Gasteiger partial charge in [0.25, 0.3) is 5.69 Å². The molecule has 4 rings (SSSR count). The Labute approximate surface area is 186 Å². The minimum absolute atomic E-state index is 0.0380. The highest BCUT2D eigenvalue weighted by Crippen LogP contribution is 2.30. The first kappa shape index (κ1) is 21.3. The van der Waals surface area contributed by atoms with Crippen LogP contribution in [-0.4, -0.2) is 35.7 Å². The van der Waals surface area contributed by atoms with E-state index in [0.717, 1.165) is 33.8 Å². The maximum Gasteiger partial charge on any atom is 0.342 e. The van der Waals surface area contributed by atoms with Crippen molar-refractivity contribution in [1.29, 1.82) is 0 Å². The summed E-state index contributed by atoms with van der Waals surface area (Å²) < 4.78 is 1.99. The van der Waals surface area contributed by atoms with E-state index in [0.29, 0.717) is 23.9 Å². The summed E-state index contributed by atoms with van der Waals surface area (Å²) in [5.41, 5.74) is 2.61. The third-order valence-corrected chi connectivity index (χ3v) is 5.74. The Balaban J connectivity index is 1.69. The van der Waals surface area contributed by atoms with E-state index in [-0.39, 0.29) is 10.6 Å². The maximum absolute atomic E-state index is 11.9. The molecule has 0 radical (unpaired) electrons. The Morgan fingerprint density at radius 3 is 2.66 bits per heavy atom. The number of hydrogen-bond donors (Lipinski definition) is 2. The lowest BCUT2D eigenvalue weighted by Crippen LogP contribution is -1.98. The number of carboxylic acid groups (broad SMARTS) is 1. The number of thioether (sulfide) groups is 1. The number of aromatic amines is 1. The normalized spacial score (nSPS) is 11.7. The van der Waals surface area contributed by atoms with E-state index in [2.05, 4.69) is 15.2 Å². The van der Waals surface area contributed by atoms with Crippen LogP contribution in [0.25, 0.3) is 17.0 Å². The molecule has 0 aliphatic rings. The van der Waals surface area contributed by atoms with Gasteiger partial charge in [-0.1, -0.05) is 37.3 Å². The molecule has 32 heavy (non-hydrogen) atoms. The van der Waals surface area contributed by atoms with E-state index in [1.165, 1.54) is 12.1 Å². The molecule has 2 aromatic carbocycles. The number of para-hydroxylation sites is 1. The van der Waals surface area contributed by atoms with Gasteiger partial charge in [0.05, 0.1) is 4.92 Å². The number of hydrogen-bond acceptors (Lipinski definition) is 6. The van der Waals surface area contributed by atoms with Crippen molar-refractivity contribution < 1.29 is 14.8 Å². The Kier molecular flexibility index (Phi) is 6.04. The van der Waals surface area contributed by atoms with Gasteiger partial charge in [-0.2, -0.15) is 0 Å². The monoisotopic (exact) mass is 449 g/mol. The van der Waals surface area contributed by atoms with Gasteiger partial charge >= 0.3 is 5.97 Å². The molecule has 2 N–H and O–H groups in total. The van der Waals surface area contributed by atoms with Crippen molar-refractivity contribution in [2.75, 3.05) is 0 Å². The molecule has 2 heterocycles. The first-order chi connectivity index (χ1) is 15.4.